The standard InChI is InChI=1S/C14H10ClN3O2/c1-8-6-9(2-5-13(8)18(19)20)14-16-11-4-3-10(15)7-12(11)17-14/h2-7H,1H3,(H,16,17). The molecule has 2 aromatic carbocycles. The van der Waals surface area contributed by atoms with E-state index in [1.807, 2.05) is 6.07 Å². The highest BCUT2D eigenvalue weighted by molar-refractivity contribution is 6.31. The number of nitro benzene ring substituents is 1. The van der Waals surface area contributed by atoms with Gasteiger partial charge in [0.1, 0.15) is 5.82 Å². The summed E-state index contributed by atoms with van der Waals surface area (Å²) in [5.41, 5.74) is 3.16. The SMILES string of the molecule is Cc1cc(-c2nc3ccc(Cl)cc3[nH]2)ccc1[N+](=O)[O-]. The van der Waals surface area contributed by atoms with Gasteiger partial charge in [-0.3, -0.25) is 10.1 Å². The van der Waals surface area contributed by atoms with Crippen LogP contribution in [0.2, 0.25) is 5.02 Å². The number of nitrogens with one attached hydrogen (secondary N) is 1. The Labute approximate surface area is 119 Å². The Morgan fingerprint density at radius 2 is 2.05 bits per heavy atom. The first kappa shape index (κ1) is 12.6. The number of aryl methyl sites for hydroxylation is 1. The van der Waals surface area contributed by atoms with Gasteiger partial charge >= 0.3 is 0 Å². The van der Waals surface area contributed by atoms with E-state index in [0.29, 0.717) is 16.4 Å². The van der Waals surface area contributed by atoms with Crippen molar-refractivity contribution < 1.29 is 4.92 Å². The summed E-state index contributed by atoms with van der Waals surface area (Å²) in [7, 11) is 0. The Hall–Kier alpha value is -2.40. The van der Waals surface area contributed by atoms with Gasteiger partial charge in [-0.25, -0.2) is 4.98 Å². The fraction of sp³-hybridized carbons (Fsp3) is 0.0714. The van der Waals surface area contributed by atoms with Gasteiger partial charge in [-0.2, -0.15) is 0 Å². The van der Waals surface area contributed by atoms with Crippen LogP contribution in [0.25, 0.3) is 22.4 Å². The van der Waals surface area contributed by atoms with Crippen LogP contribution < -0.4 is 0 Å². The minimum absolute atomic E-state index is 0.105. The lowest BCUT2D eigenvalue weighted by atomic mass is 10.1. The third kappa shape index (κ3) is 2.12. The third-order valence-electron chi connectivity index (χ3n) is 3.11. The molecule has 0 saturated carbocycles. The molecule has 6 heteroatoms. The average Bonchev–Trinajstić information content (AvgIpc) is 2.81. The molecular formula is C14H10ClN3O2. The number of aromatic amines is 1. The number of nitrogens with zero attached hydrogens (tertiary/aromatic N) is 2. The van der Waals surface area contributed by atoms with Gasteiger partial charge < -0.3 is 4.98 Å². The smallest absolute Gasteiger partial charge is 0.272 e. The molecule has 5 nitrogen and oxygen atoms in total. The molecular weight excluding hydrogens is 278 g/mol. The molecule has 0 saturated heterocycles. The van der Waals surface area contributed by atoms with E-state index in [1.54, 1.807) is 31.2 Å². The number of fused-ring (bicyclic) bond motifs is 1. The van der Waals surface area contributed by atoms with Crippen LogP contribution in [0.4, 0.5) is 5.69 Å². The summed E-state index contributed by atoms with van der Waals surface area (Å²) in [6.45, 7) is 1.71. The second kappa shape index (κ2) is 4.61. The molecule has 3 aromatic rings. The van der Waals surface area contributed by atoms with E-state index in [9.17, 15) is 10.1 Å². The van der Waals surface area contributed by atoms with E-state index in [-0.39, 0.29) is 5.69 Å². The van der Waals surface area contributed by atoms with E-state index in [2.05, 4.69) is 9.97 Å². The molecule has 0 atom stereocenters. The van der Waals surface area contributed by atoms with Gasteiger partial charge in [0.05, 0.1) is 16.0 Å². The number of hydrogen-bond acceptors (Lipinski definition) is 3. The van der Waals surface area contributed by atoms with Crippen molar-refractivity contribution in [3.8, 4) is 11.4 Å². The van der Waals surface area contributed by atoms with Crippen LogP contribution in [0.15, 0.2) is 36.4 Å². The van der Waals surface area contributed by atoms with Crippen molar-refractivity contribution in [2.24, 2.45) is 0 Å². The molecule has 100 valence electrons. The van der Waals surface area contributed by atoms with E-state index < -0.39 is 4.92 Å². The van der Waals surface area contributed by atoms with E-state index in [1.165, 1.54) is 6.07 Å². The molecule has 3 rings (SSSR count). The lowest BCUT2D eigenvalue weighted by molar-refractivity contribution is -0.385. The highest BCUT2D eigenvalue weighted by atomic mass is 35.5. The monoisotopic (exact) mass is 287 g/mol. The van der Waals surface area contributed by atoms with Gasteiger partial charge in [0, 0.05) is 22.2 Å². The molecule has 20 heavy (non-hydrogen) atoms. The second-order valence-corrected chi connectivity index (χ2v) is 4.94. The molecule has 1 N–H and O–H groups in total. The number of aromatic nitrogens is 2. The number of halogens is 1. The van der Waals surface area contributed by atoms with Crippen molar-refractivity contribution in [1.29, 1.82) is 0 Å². The Morgan fingerprint density at radius 1 is 1.25 bits per heavy atom. The van der Waals surface area contributed by atoms with Crippen molar-refractivity contribution in [2.45, 2.75) is 6.92 Å². The maximum absolute atomic E-state index is 10.8. The lowest BCUT2D eigenvalue weighted by Crippen LogP contribution is -1.92. The van der Waals surface area contributed by atoms with Crippen molar-refractivity contribution in [2.75, 3.05) is 0 Å². The maximum atomic E-state index is 10.8. The first-order valence-electron chi connectivity index (χ1n) is 5.95. The zero-order chi connectivity index (χ0) is 14.3. The fourth-order valence-corrected chi connectivity index (χ4v) is 2.30. The molecule has 0 aliphatic rings. The predicted octanol–water partition coefficient (Wildman–Crippen LogP) is 4.10. The van der Waals surface area contributed by atoms with Crippen molar-refractivity contribution in [3.05, 3.63) is 57.1 Å². The third-order valence-corrected chi connectivity index (χ3v) is 3.35. The van der Waals surface area contributed by atoms with Crippen molar-refractivity contribution in [3.63, 3.8) is 0 Å². The largest absolute Gasteiger partial charge is 0.338 e. The normalized spacial score (nSPS) is 10.9. The van der Waals surface area contributed by atoms with Crippen LogP contribution >= 0.6 is 11.6 Å². The molecule has 1 heterocycles. The molecule has 0 unspecified atom stereocenters. The fourth-order valence-electron chi connectivity index (χ4n) is 2.13. The minimum Gasteiger partial charge on any atom is -0.338 e. The highest BCUT2D eigenvalue weighted by Crippen LogP contribution is 2.26. The van der Waals surface area contributed by atoms with Crippen LogP contribution in [0.3, 0.4) is 0 Å². The molecule has 0 fully saturated rings. The van der Waals surface area contributed by atoms with Gasteiger partial charge in [-0.05, 0) is 37.3 Å². The quantitative estimate of drug-likeness (QED) is 0.570. The summed E-state index contributed by atoms with van der Waals surface area (Å²) < 4.78 is 0. The molecule has 1 aromatic heterocycles. The second-order valence-electron chi connectivity index (χ2n) is 4.51. The summed E-state index contributed by atoms with van der Waals surface area (Å²) in [4.78, 5) is 18.0. The van der Waals surface area contributed by atoms with Gasteiger partial charge in [0.25, 0.3) is 5.69 Å². The number of rotatable bonds is 2. The van der Waals surface area contributed by atoms with Crippen LogP contribution in [0.1, 0.15) is 5.56 Å². The summed E-state index contributed by atoms with van der Waals surface area (Å²) >= 11 is 5.93. The summed E-state index contributed by atoms with van der Waals surface area (Å²) in [5, 5.41) is 11.4. The van der Waals surface area contributed by atoms with Crippen LogP contribution in [0, 0.1) is 17.0 Å². The molecule has 0 bridgehead atoms. The minimum atomic E-state index is -0.391. The number of hydrogen-bond donors (Lipinski definition) is 1. The molecule has 0 amide bonds. The Morgan fingerprint density at radius 3 is 2.75 bits per heavy atom. The molecule has 0 aliphatic heterocycles. The molecule has 0 spiro atoms. The van der Waals surface area contributed by atoms with E-state index in [4.69, 9.17) is 11.6 Å². The van der Waals surface area contributed by atoms with Gasteiger partial charge in [0.2, 0.25) is 0 Å². The average molecular weight is 288 g/mol. The topological polar surface area (TPSA) is 71.8 Å². The predicted molar refractivity (Wildman–Crippen MR) is 77.9 cm³/mol. The number of H-pyrrole nitrogens is 1. The molecule has 0 radical (unpaired) electrons. The number of benzene rings is 2. The van der Waals surface area contributed by atoms with Crippen LogP contribution in [-0.2, 0) is 0 Å². The van der Waals surface area contributed by atoms with E-state index in [0.717, 1.165) is 16.6 Å². The number of nitro groups is 1. The zero-order valence-electron chi connectivity index (χ0n) is 10.6. The van der Waals surface area contributed by atoms with Gasteiger partial charge in [0.15, 0.2) is 0 Å². The first-order valence-corrected chi connectivity index (χ1v) is 6.33. The zero-order valence-corrected chi connectivity index (χ0v) is 11.3. The summed E-state index contributed by atoms with van der Waals surface area (Å²) in [6.07, 6.45) is 0. The van der Waals surface area contributed by atoms with Crippen molar-refractivity contribution in [1.82, 2.24) is 9.97 Å². The van der Waals surface area contributed by atoms with Crippen LogP contribution in [0.5, 0.6) is 0 Å². The summed E-state index contributed by atoms with van der Waals surface area (Å²) in [6, 6.07) is 10.3. The molecule has 0 aliphatic carbocycles. The van der Waals surface area contributed by atoms with Crippen LogP contribution in [-0.4, -0.2) is 14.9 Å². The lowest BCUT2D eigenvalue weighted by Gasteiger charge is -2.00. The summed E-state index contributed by atoms with van der Waals surface area (Å²) in [5.74, 6) is 0.667. The van der Waals surface area contributed by atoms with Crippen molar-refractivity contribution >= 4 is 28.3 Å². The Bertz CT molecular complexity index is 826. The van der Waals surface area contributed by atoms with Gasteiger partial charge in [-0.1, -0.05) is 11.6 Å². The Balaban J connectivity index is 2.11. The first-order chi connectivity index (χ1) is 9.54. The number of imidazole rings is 1. The van der Waals surface area contributed by atoms with E-state index >= 15 is 0 Å². The van der Waals surface area contributed by atoms with Gasteiger partial charge in [-0.15, -0.1) is 0 Å². The maximum Gasteiger partial charge on any atom is 0.272 e. The highest BCUT2D eigenvalue weighted by Gasteiger charge is 2.12. The Kier molecular flexibility index (Phi) is 2.91.